The van der Waals surface area contributed by atoms with E-state index in [1.807, 2.05) is 11.8 Å². The van der Waals surface area contributed by atoms with Crippen LogP contribution in [0.1, 0.15) is 48.4 Å². The molecule has 0 unspecified atom stereocenters. The third kappa shape index (κ3) is 3.67. The Bertz CT molecular complexity index is 802. The van der Waals surface area contributed by atoms with Gasteiger partial charge in [-0.1, -0.05) is 0 Å². The van der Waals surface area contributed by atoms with Crippen molar-refractivity contribution in [3.8, 4) is 0 Å². The maximum Gasteiger partial charge on any atom is 0.274 e. The number of nitrogens with one attached hydrogen (secondary N) is 1. The molecule has 0 radical (unpaired) electrons. The summed E-state index contributed by atoms with van der Waals surface area (Å²) in [5, 5.41) is 11.3. The number of hydrogen-bond donors (Lipinski definition) is 1. The Morgan fingerprint density at radius 2 is 1.96 bits per heavy atom. The second-order valence-corrected chi connectivity index (χ2v) is 7.45. The number of nitrogens with zero attached hydrogens (tertiary/aromatic N) is 5. The third-order valence-corrected chi connectivity index (χ3v) is 5.45. The summed E-state index contributed by atoms with van der Waals surface area (Å²) in [4.78, 5) is 27.3. The zero-order valence-corrected chi connectivity index (χ0v) is 16.8. The summed E-state index contributed by atoms with van der Waals surface area (Å²) in [7, 11) is 1.71. The van der Waals surface area contributed by atoms with Gasteiger partial charge in [0.2, 0.25) is 5.91 Å². The van der Waals surface area contributed by atoms with Gasteiger partial charge in [0.1, 0.15) is 11.7 Å². The van der Waals surface area contributed by atoms with E-state index in [0.29, 0.717) is 11.4 Å². The standard InChI is InChI=1S/C17H23BrN6O2/c1-11-13(18)10-24(21-11)12(2)16(25)20-14-9-19-22(3)15(14)17(26)23-7-5-4-6-8-23/h9-10,12H,4-8H2,1-3H3,(H,20,25)/t12-/m1/s1. The molecule has 0 aliphatic carbocycles. The zero-order valence-electron chi connectivity index (χ0n) is 15.2. The van der Waals surface area contributed by atoms with Gasteiger partial charge in [-0.25, -0.2) is 0 Å². The summed E-state index contributed by atoms with van der Waals surface area (Å²) in [6, 6.07) is -0.516. The van der Waals surface area contributed by atoms with E-state index in [1.165, 1.54) is 10.9 Å². The van der Waals surface area contributed by atoms with E-state index in [1.54, 1.807) is 24.9 Å². The van der Waals surface area contributed by atoms with Gasteiger partial charge in [0.15, 0.2) is 0 Å². The summed E-state index contributed by atoms with van der Waals surface area (Å²) in [6.07, 6.45) is 6.45. The van der Waals surface area contributed by atoms with Crippen LogP contribution >= 0.6 is 15.9 Å². The number of anilines is 1. The zero-order chi connectivity index (χ0) is 18.8. The smallest absolute Gasteiger partial charge is 0.274 e. The van der Waals surface area contributed by atoms with Crippen LogP contribution in [0.5, 0.6) is 0 Å². The van der Waals surface area contributed by atoms with Crippen LogP contribution in [0.4, 0.5) is 5.69 Å². The normalized spacial score (nSPS) is 15.8. The molecule has 3 rings (SSSR count). The second kappa shape index (κ2) is 7.61. The number of amides is 2. The third-order valence-electron chi connectivity index (χ3n) is 4.68. The largest absolute Gasteiger partial charge is 0.337 e. The predicted octanol–water partition coefficient (Wildman–Crippen LogP) is 2.51. The number of carbonyl (C=O) groups is 2. The average molecular weight is 423 g/mol. The first-order chi connectivity index (χ1) is 12.4. The second-order valence-electron chi connectivity index (χ2n) is 6.59. The van der Waals surface area contributed by atoms with Gasteiger partial charge in [-0.15, -0.1) is 0 Å². The molecule has 1 saturated heterocycles. The van der Waals surface area contributed by atoms with Crippen molar-refractivity contribution in [1.82, 2.24) is 24.5 Å². The SMILES string of the molecule is Cc1nn([C@H](C)C(=O)Nc2cnn(C)c2C(=O)N2CCCCC2)cc1Br. The Kier molecular flexibility index (Phi) is 5.45. The topological polar surface area (TPSA) is 85.0 Å². The molecule has 26 heavy (non-hydrogen) atoms. The summed E-state index contributed by atoms with van der Waals surface area (Å²) in [5.41, 5.74) is 1.65. The van der Waals surface area contributed by atoms with Crippen LogP contribution in [0.25, 0.3) is 0 Å². The molecular formula is C17H23BrN6O2. The van der Waals surface area contributed by atoms with Crippen LogP contribution in [0.2, 0.25) is 0 Å². The van der Waals surface area contributed by atoms with Gasteiger partial charge in [0.05, 0.1) is 22.1 Å². The van der Waals surface area contributed by atoms with E-state index in [4.69, 9.17) is 0 Å². The fraction of sp³-hybridized carbons (Fsp3) is 0.529. The first-order valence-electron chi connectivity index (χ1n) is 8.72. The molecule has 1 fully saturated rings. The minimum absolute atomic E-state index is 0.0923. The molecule has 140 valence electrons. The molecule has 1 atom stereocenters. The van der Waals surface area contributed by atoms with Gasteiger partial charge in [-0.05, 0) is 49.0 Å². The lowest BCUT2D eigenvalue weighted by molar-refractivity contribution is -0.119. The molecule has 0 bridgehead atoms. The van der Waals surface area contributed by atoms with Gasteiger partial charge in [-0.2, -0.15) is 10.2 Å². The van der Waals surface area contributed by atoms with Crippen molar-refractivity contribution in [1.29, 1.82) is 0 Å². The molecule has 2 amide bonds. The Morgan fingerprint density at radius 3 is 2.58 bits per heavy atom. The van der Waals surface area contributed by atoms with Crippen molar-refractivity contribution in [2.75, 3.05) is 18.4 Å². The molecule has 8 nitrogen and oxygen atoms in total. The lowest BCUT2D eigenvalue weighted by Gasteiger charge is -2.27. The van der Waals surface area contributed by atoms with E-state index in [9.17, 15) is 9.59 Å². The van der Waals surface area contributed by atoms with Crippen LogP contribution in [0.15, 0.2) is 16.9 Å². The Hall–Kier alpha value is -2.16. The molecular weight excluding hydrogens is 400 g/mol. The molecule has 0 aromatic carbocycles. The molecule has 9 heteroatoms. The van der Waals surface area contributed by atoms with Crippen molar-refractivity contribution in [3.05, 3.63) is 28.3 Å². The number of carbonyl (C=O) groups excluding carboxylic acids is 2. The number of likely N-dealkylation sites (tertiary alicyclic amines) is 1. The highest BCUT2D eigenvalue weighted by Crippen LogP contribution is 2.22. The van der Waals surface area contributed by atoms with Crippen molar-refractivity contribution in [3.63, 3.8) is 0 Å². The summed E-state index contributed by atoms with van der Waals surface area (Å²) < 4.78 is 3.96. The Balaban J connectivity index is 1.77. The van der Waals surface area contributed by atoms with Crippen molar-refractivity contribution in [2.24, 2.45) is 7.05 Å². The highest BCUT2D eigenvalue weighted by Gasteiger charge is 2.26. The lowest BCUT2D eigenvalue weighted by atomic mass is 10.1. The Labute approximate surface area is 160 Å². The monoisotopic (exact) mass is 422 g/mol. The van der Waals surface area contributed by atoms with Gasteiger partial charge >= 0.3 is 0 Å². The molecule has 2 aromatic rings. The molecule has 0 spiro atoms. The number of piperidine rings is 1. The van der Waals surface area contributed by atoms with Gasteiger partial charge < -0.3 is 10.2 Å². The maximum atomic E-state index is 12.9. The quantitative estimate of drug-likeness (QED) is 0.819. The number of hydrogen-bond acceptors (Lipinski definition) is 4. The first-order valence-corrected chi connectivity index (χ1v) is 9.51. The number of rotatable bonds is 4. The van der Waals surface area contributed by atoms with Crippen molar-refractivity contribution >= 4 is 33.4 Å². The van der Waals surface area contributed by atoms with Crippen molar-refractivity contribution < 1.29 is 9.59 Å². The minimum Gasteiger partial charge on any atom is -0.337 e. The van der Waals surface area contributed by atoms with E-state index in [2.05, 4.69) is 31.4 Å². The number of aromatic nitrogens is 4. The predicted molar refractivity (Wildman–Crippen MR) is 101 cm³/mol. The Morgan fingerprint density at radius 1 is 1.27 bits per heavy atom. The first kappa shape index (κ1) is 18.6. The number of aryl methyl sites for hydroxylation is 2. The number of halogens is 1. The molecule has 1 aliphatic heterocycles. The van der Waals surface area contributed by atoms with Crippen LogP contribution in [-0.2, 0) is 11.8 Å². The van der Waals surface area contributed by atoms with Gasteiger partial charge in [0, 0.05) is 26.3 Å². The lowest BCUT2D eigenvalue weighted by Crippen LogP contribution is -2.37. The van der Waals surface area contributed by atoms with Crippen LogP contribution in [-0.4, -0.2) is 49.4 Å². The van der Waals surface area contributed by atoms with E-state index < -0.39 is 6.04 Å². The van der Waals surface area contributed by atoms with Crippen LogP contribution in [0, 0.1) is 6.92 Å². The van der Waals surface area contributed by atoms with E-state index in [-0.39, 0.29) is 11.8 Å². The molecule has 0 saturated carbocycles. The van der Waals surface area contributed by atoms with E-state index >= 15 is 0 Å². The van der Waals surface area contributed by atoms with Gasteiger partial charge in [-0.3, -0.25) is 19.0 Å². The highest BCUT2D eigenvalue weighted by atomic mass is 79.9. The van der Waals surface area contributed by atoms with Gasteiger partial charge in [0.25, 0.3) is 5.91 Å². The van der Waals surface area contributed by atoms with Crippen LogP contribution in [0.3, 0.4) is 0 Å². The molecule has 3 heterocycles. The highest BCUT2D eigenvalue weighted by molar-refractivity contribution is 9.10. The molecule has 1 aliphatic rings. The summed E-state index contributed by atoms with van der Waals surface area (Å²) >= 11 is 3.40. The maximum absolute atomic E-state index is 12.9. The van der Waals surface area contributed by atoms with E-state index in [0.717, 1.165) is 42.5 Å². The molecule has 1 N–H and O–H groups in total. The molecule has 2 aromatic heterocycles. The fourth-order valence-electron chi connectivity index (χ4n) is 3.04. The minimum atomic E-state index is -0.516. The summed E-state index contributed by atoms with van der Waals surface area (Å²) in [5.74, 6) is -0.342. The average Bonchev–Trinajstić information content (AvgIpc) is 3.16. The fourth-order valence-corrected chi connectivity index (χ4v) is 3.33. The van der Waals surface area contributed by atoms with Crippen LogP contribution < -0.4 is 5.32 Å². The van der Waals surface area contributed by atoms with Crippen molar-refractivity contribution in [2.45, 2.75) is 39.2 Å². The summed E-state index contributed by atoms with van der Waals surface area (Å²) in [6.45, 7) is 5.11.